The second-order valence-electron chi connectivity index (χ2n) is 10.4. The molecular formula is C30H26ClF3N4O6S. The first-order valence-corrected chi connectivity index (χ1v) is 15.0. The number of halogens is 4. The maximum Gasteiger partial charge on any atom is 0.490 e. The third kappa shape index (κ3) is 8.39. The number of aliphatic imine (C=N–C) groups is 1. The van der Waals surface area contributed by atoms with E-state index in [2.05, 4.69) is 10.6 Å². The minimum absolute atomic E-state index is 0.0841. The average molecular weight is 663 g/mol. The van der Waals surface area contributed by atoms with Crippen LogP contribution < -0.4 is 15.4 Å². The number of anilines is 1. The zero-order valence-electron chi connectivity index (χ0n) is 23.4. The van der Waals surface area contributed by atoms with Crippen molar-refractivity contribution in [3.8, 4) is 5.75 Å². The maximum atomic E-state index is 13.4. The molecule has 0 spiro atoms. The lowest BCUT2D eigenvalue weighted by molar-refractivity contribution is -0.192. The van der Waals surface area contributed by atoms with E-state index in [4.69, 9.17) is 31.2 Å². The number of benzene rings is 2. The Balaban J connectivity index is 0.000000515. The molecule has 1 aliphatic heterocycles. The van der Waals surface area contributed by atoms with E-state index in [1.807, 2.05) is 24.3 Å². The van der Waals surface area contributed by atoms with Crippen molar-refractivity contribution in [3.63, 3.8) is 0 Å². The third-order valence-electron chi connectivity index (χ3n) is 6.73. The molecule has 0 saturated heterocycles. The van der Waals surface area contributed by atoms with Crippen LogP contribution in [0.3, 0.4) is 0 Å². The van der Waals surface area contributed by atoms with Crippen molar-refractivity contribution in [2.24, 2.45) is 4.99 Å². The van der Waals surface area contributed by atoms with Crippen LogP contribution in [0.4, 0.5) is 18.9 Å². The fourth-order valence-electron chi connectivity index (χ4n) is 4.27. The van der Waals surface area contributed by atoms with Gasteiger partial charge in [-0.3, -0.25) is 24.3 Å². The Morgan fingerprint density at radius 3 is 2.38 bits per heavy atom. The molecule has 3 amide bonds. The minimum Gasteiger partial charge on any atom is -0.486 e. The molecule has 1 aromatic heterocycles. The van der Waals surface area contributed by atoms with Gasteiger partial charge in [0.1, 0.15) is 18.2 Å². The van der Waals surface area contributed by atoms with E-state index in [1.54, 1.807) is 30.3 Å². The van der Waals surface area contributed by atoms with E-state index in [9.17, 15) is 27.6 Å². The van der Waals surface area contributed by atoms with Crippen molar-refractivity contribution >= 4 is 58.2 Å². The summed E-state index contributed by atoms with van der Waals surface area (Å²) < 4.78 is 38.2. The predicted octanol–water partition coefficient (Wildman–Crippen LogP) is 5.78. The number of carbonyl (C=O) groups is 4. The quantitative estimate of drug-likeness (QED) is 0.150. The van der Waals surface area contributed by atoms with Crippen molar-refractivity contribution in [2.75, 3.05) is 11.9 Å². The number of nitrogens with zero attached hydrogens (tertiary/aromatic N) is 2. The first kappa shape index (κ1) is 32.0. The summed E-state index contributed by atoms with van der Waals surface area (Å²) in [6, 6.07) is 16.4. The molecule has 2 heterocycles. The fourth-order valence-corrected chi connectivity index (χ4v) is 5.21. The van der Waals surface area contributed by atoms with Gasteiger partial charge in [0, 0.05) is 6.04 Å². The van der Waals surface area contributed by atoms with Gasteiger partial charge in [-0.15, -0.1) is 11.3 Å². The Labute approximate surface area is 263 Å². The Kier molecular flexibility index (Phi) is 9.44. The molecule has 0 bridgehead atoms. The van der Waals surface area contributed by atoms with Gasteiger partial charge < -0.3 is 20.5 Å². The standard InChI is InChI=1S/C28H25ClN4O4S.C2HF3O2/c29-23-12-11-22(38-23)26(34)32-21-6-2-5-20-25(21)28(36)33(27(20)35)14-16-3-1-4-19(13-16)37-15-24(30-17-7-8-17)31-18-9-10-18;3-2(4,5)1(6)7/h1-6,11-13,17-18H,7-10,14-15H2,(H,30,31)(H,32,34);(H,6,7). The summed E-state index contributed by atoms with van der Waals surface area (Å²) >= 11 is 7.08. The number of rotatable bonds is 9. The molecule has 0 radical (unpaired) electrons. The van der Waals surface area contributed by atoms with Crippen LogP contribution in [-0.4, -0.2) is 64.4 Å². The summed E-state index contributed by atoms with van der Waals surface area (Å²) in [7, 11) is 0. The van der Waals surface area contributed by atoms with E-state index in [0.717, 1.165) is 48.4 Å². The molecule has 3 N–H and O–H groups in total. The summed E-state index contributed by atoms with van der Waals surface area (Å²) in [5.74, 6) is -2.49. The zero-order valence-corrected chi connectivity index (χ0v) is 25.0. The lowest BCUT2D eigenvalue weighted by atomic mass is 10.1. The Morgan fingerprint density at radius 1 is 1.04 bits per heavy atom. The number of fused-ring (bicyclic) bond motifs is 1. The van der Waals surface area contributed by atoms with Gasteiger partial charge in [-0.2, -0.15) is 13.2 Å². The molecule has 6 rings (SSSR count). The van der Waals surface area contributed by atoms with Gasteiger partial charge in [0.25, 0.3) is 17.7 Å². The Bertz CT molecular complexity index is 1670. The molecule has 10 nitrogen and oxygen atoms in total. The van der Waals surface area contributed by atoms with Crippen molar-refractivity contribution < 1.29 is 42.2 Å². The summed E-state index contributed by atoms with van der Waals surface area (Å²) in [4.78, 5) is 54.4. The average Bonchev–Trinajstić information content (AvgIpc) is 3.93. The van der Waals surface area contributed by atoms with E-state index < -0.39 is 24.0 Å². The summed E-state index contributed by atoms with van der Waals surface area (Å²) in [5, 5.41) is 13.3. The molecule has 45 heavy (non-hydrogen) atoms. The second kappa shape index (κ2) is 13.3. The highest BCUT2D eigenvalue weighted by Crippen LogP contribution is 2.32. The molecule has 2 aliphatic carbocycles. The molecular weight excluding hydrogens is 637 g/mol. The molecule has 2 saturated carbocycles. The van der Waals surface area contributed by atoms with Crippen molar-refractivity contribution in [1.82, 2.24) is 10.2 Å². The number of ether oxygens (including phenoxy) is 1. The number of aliphatic carboxylic acids is 1. The number of imide groups is 1. The summed E-state index contributed by atoms with van der Waals surface area (Å²) in [6.07, 6.45) is -0.515. The predicted molar refractivity (Wildman–Crippen MR) is 160 cm³/mol. The smallest absolute Gasteiger partial charge is 0.486 e. The SMILES string of the molecule is O=C(Nc1cccc2c1C(=O)N(Cc1cccc(OCC(=NC3CC3)NC3CC3)c1)C2=O)c1ccc(Cl)s1.O=C(O)C(F)(F)F. The first-order chi connectivity index (χ1) is 21.4. The highest BCUT2D eigenvalue weighted by molar-refractivity contribution is 7.18. The van der Waals surface area contributed by atoms with Gasteiger partial charge >= 0.3 is 12.1 Å². The first-order valence-electron chi connectivity index (χ1n) is 13.8. The molecule has 0 unspecified atom stereocenters. The van der Waals surface area contributed by atoms with Crippen LogP contribution in [0.15, 0.2) is 59.6 Å². The van der Waals surface area contributed by atoms with Gasteiger partial charge in [-0.05, 0) is 67.6 Å². The van der Waals surface area contributed by atoms with Crippen LogP contribution in [0.2, 0.25) is 4.34 Å². The number of carboxylic acid groups (broad SMARTS) is 1. The molecule has 236 valence electrons. The highest BCUT2D eigenvalue weighted by atomic mass is 35.5. The van der Waals surface area contributed by atoms with Crippen molar-refractivity contribution in [1.29, 1.82) is 0 Å². The topological polar surface area (TPSA) is 137 Å². The van der Waals surface area contributed by atoms with Crippen LogP contribution in [0, 0.1) is 0 Å². The van der Waals surface area contributed by atoms with E-state index in [-0.39, 0.29) is 23.6 Å². The van der Waals surface area contributed by atoms with E-state index in [1.165, 1.54) is 4.90 Å². The van der Waals surface area contributed by atoms with E-state index >= 15 is 0 Å². The second-order valence-corrected chi connectivity index (χ2v) is 12.2. The third-order valence-corrected chi connectivity index (χ3v) is 7.96. The van der Waals surface area contributed by atoms with Crippen LogP contribution in [0.1, 0.15) is 61.6 Å². The van der Waals surface area contributed by atoms with Crippen molar-refractivity contribution in [3.05, 3.63) is 80.5 Å². The van der Waals surface area contributed by atoms with Gasteiger partial charge in [0.2, 0.25) is 0 Å². The number of carbonyl (C=O) groups excluding carboxylic acids is 3. The zero-order chi connectivity index (χ0) is 32.3. The minimum atomic E-state index is -5.08. The number of carboxylic acids is 1. The summed E-state index contributed by atoms with van der Waals surface area (Å²) in [5.41, 5.74) is 1.50. The monoisotopic (exact) mass is 662 g/mol. The van der Waals surface area contributed by atoms with Crippen LogP contribution >= 0.6 is 22.9 Å². The van der Waals surface area contributed by atoms with Crippen LogP contribution in [0.5, 0.6) is 5.75 Å². The number of alkyl halides is 3. The Hall–Kier alpha value is -4.43. The van der Waals surface area contributed by atoms with Crippen LogP contribution in [-0.2, 0) is 11.3 Å². The number of nitrogens with one attached hydrogen (secondary N) is 2. The number of thiophene rings is 1. The summed E-state index contributed by atoms with van der Waals surface area (Å²) in [6.45, 7) is 0.433. The normalized spacial score (nSPS) is 16.1. The van der Waals surface area contributed by atoms with Crippen LogP contribution in [0.25, 0.3) is 0 Å². The van der Waals surface area contributed by atoms with Gasteiger partial charge in [0.05, 0.1) is 38.6 Å². The number of amidine groups is 1. The lowest BCUT2D eigenvalue weighted by Crippen LogP contribution is -2.31. The number of hydrogen-bond acceptors (Lipinski definition) is 7. The lowest BCUT2D eigenvalue weighted by Gasteiger charge is -2.16. The van der Waals surface area contributed by atoms with Gasteiger partial charge in [-0.1, -0.05) is 29.8 Å². The molecule has 2 aromatic carbocycles. The maximum absolute atomic E-state index is 13.4. The van der Waals surface area contributed by atoms with Gasteiger partial charge in [0.15, 0.2) is 0 Å². The number of hydrogen-bond donors (Lipinski definition) is 3. The highest BCUT2D eigenvalue weighted by Gasteiger charge is 2.39. The fraction of sp³-hybridized carbons (Fsp3) is 0.300. The van der Waals surface area contributed by atoms with Gasteiger partial charge in [-0.25, -0.2) is 4.79 Å². The Morgan fingerprint density at radius 2 is 1.76 bits per heavy atom. The van der Waals surface area contributed by atoms with Crippen molar-refractivity contribution in [2.45, 2.75) is 50.5 Å². The molecule has 3 aromatic rings. The molecule has 2 fully saturated rings. The van der Waals surface area contributed by atoms with E-state index in [0.29, 0.717) is 39.3 Å². The largest absolute Gasteiger partial charge is 0.490 e. The molecule has 0 atom stereocenters. The number of amides is 3. The molecule has 3 aliphatic rings. The molecule has 15 heteroatoms.